The van der Waals surface area contributed by atoms with Gasteiger partial charge < -0.3 is 25.8 Å². The number of nitrogen functional groups attached to an aromatic ring is 1. The summed E-state index contributed by atoms with van der Waals surface area (Å²) in [6.45, 7) is 3.02. The maximum Gasteiger partial charge on any atom is 0.429 e. The normalized spacial score (nSPS) is 21.0. The molecule has 0 amide bonds. The molecule has 2 aliphatic rings. The molecule has 4 N–H and O–H groups in total. The first-order chi connectivity index (χ1) is 19.9. The zero-order valence-electron chi connectivity index (χ0n) is 22.7. The molecule has 0 bridgehead atoms. The van der Waals surface area contributed by atoms with E-state index in [9.17, 15) is 27.5 Å². The fraction of sp³-hybridized carbons (Fsp3) is 0.414. The predicted molar refractivity (Wildman–Crippen MR) is 150 cm³/mol. The highest BCUT2D eigenvalue weighted by atomic mass is 35.5. The Morgan fingerprint density at radius 1 is 1.21 bits per heavy atom. The number of alkyl halides is 3. The van der Waals surface area contributed by atoms with E-state index in [0.29, 0.717) is 38.2 Å². The third-order valence-electron chi connectivity index (χ3n) is 8.22. The van der Waals surface area contributed by atoms with Gasteiger partial charge in [-0.3, -0.25) is 4.79 Å². The van der Waals surface area contributed by atoms with Crippen LogP contribution in [0.4, 0.5) is 29.3 Å². The van der Waals surface area contributed by atoms with Crippen molar-refractivity contribution in [3.63, 3.8) is 0 Å². The van der Waals surface area contributed by atoms with Gasteiger partial charge in [-0.25, -0.2) is 4.39 Å². The lowest BCUT2D eigenvalue weighted by Crippen LogP contribution is -2.46. The number of carboxylic acids is 1. The van der Waals surface area contributed by atoms with E-state index < -0.39 is 30.1 Å². The van der Waals surface area contributed by atoms with E-state index >= 15 is 0 Å². The minimum Gasteiger partial charge on any atom is -0.480 e. The minimum absolute atomic E-state index is 0.0503. The van der Waals surface area contributed by atoms with E-state index in [1.807, 2.05) is 11.8 Å². The molecule has 3 aromatic rings. The Balaban J connectivity index is 1.42. The molecule has 5 rings (SSSR count). The number of rotatable bonds is 7. The van der Waals surface area contributed by atoms with Gasteiger partial charge in [-0.15, -0.1) is 0 Å². The molecule has 3 heterocycles. The molecule has 13 heteroatoms. The van der Waals surface area contributed by atoms with E-state index in [4.69, 9.17) is 22.1 Å². The predicted octanol–water partition coefficient (Wildman–Crippen LogP) is 6.01. The lowest BCUT2D eigenvalue weighted by molar-refractivity contribution is -0.198. The molecule has 224 valence electrons. The molecular formula is C29H30ClF4N5O3. The van der Waals surface area contributed by atoms with Crippen LogP contribution in [-0.2, 0) is 4.79 Å². The molecule has 0 radical (unpaired) electrons. The van der Waals surface area contributed by atoms with Crippen molar-refractivity contribution in [1.82, 2.24) is 15.3 Å². The SMILES string of the molecule is CCC1NC(C(=O)O)CC12CCN(c1cc(O[C@H](c3ccc(Cl)cc3-c3cccc(F)c3)C(F)(F)F)nc(N)n1)CC2. The fourth-order valence-corrected chi connectivity index (χ4v) is 6.39. The summed E-state index contributed by atoms with van der Waals surface area (Å²) in [5.74, 6) is -1.82. The van der Waals surface area contributed by atoms with E-state index in [0.717, 1.165) is 12.5 Å². The van der Waals surface area contributed by atoms with Crippen LogP contribution < -0.4 is 20.7 Å². The number of aliphatic carboxylic acids is 1. The molecule has 2 aliphatic heterocycles. The summed E-state index contributed by atoms with van der Waals surface area (Å²) in [4.78, 5) is 21.7. The largest absolute Gasteiger partial charge is 0.480 e. The van der Waals surface area contributed by atoms with E-state index in [1.165, 1.54) is 42.5 Å². The second-order valence-corrected chi connectivity index (χ2v) is 11.2. The molecule has 2 fully saturated rings. The summed E-state index contributed by atoms with van der Waals surface area (Å²) >= 11 is 6.11. The van der Waals surface area contributed by atoms with Gasteiger partial charge in [-0.05, 0) is 66.5 Å². The number of benzene rings is 2. The van der Waals surface area contributed by atoms with Gasteiger partial charge in [0.15, 0.2) is 0 Å². The molecule has 1 spiro atoms. The number of carbonyl (C=O) groups is 1. The highest BCUT2D eigenvalue weighted by Gasteiger charge is 2.50. The number of nitrogens with two attached hydrogens (primary N) is 1. The second-order valence-electron chi connectivity index (χ2n) is 10.8. The Bertz CT molecular complexity index is 1470. The zero-order valence-corrected chi connectivity index (χ0v) is 23.4. The number of hydrogen-bond donors (Lipinski definition) is 3. The van der Waals surface area contributed by atoms with Gasteiger partial charge in [0.25, 0.3) is 0 Å². The summed E-state index contributed by atoms with van der Waals surface area (Å²) in [6.07, 6.45) is -4.70. The average Bonchev–Trinajstić information content (AvgIpc) is 3.29. The van der Waals surface area contributed by atoms with Crippen molar-refractivity contribution in [2.75, 3.05) is 23.7 Å². The van der Waals surface area contributed by atoms with Crippen LogP contribution >= 0.6 is 11.6 Å². The molecule has 2 unspecified atom stereocenters. The maximum absolute atomic E-state index is 14.5. The quantitative estimate of drug-likeness (QED) is 0.280. The Morgan fingerprint density at radius 3 is 2.60 bits per heavy atom. The fourth-order valence-electron chi connectivity index (χ4n) is 6.21. The molecule has 42 heavy (non-hydrogen) atoms. The molecule has 0 saturated carbocycles. The summed E-state index contributed by atoms with van der Waals surface area (Å²) < 4.78 is 62.9. The number of carboxylic acid groups (broad SMARTS) is 1. The van der Waals surface area contributed by atoms with Crippen LogP contribution in [0.15, 0.2) is 48.5 Å². The number of halogens is 5. The Kier molecular flexibility index (Phi) is 8.21. The first-order valence-corrected chi connectivity index (χ1v) is 13.9. The smallest absolute Gasteiger partial charge is 0.429 e. The molecule has 8 nitrogen and oxygen atoms in total. The second kappa shape index (κ2) is 11.6. The third kappa shape index (κ3) is 6.10. The monoisotopic (exact) mass is 607 g/mol. The minimum atomic E-state index is -4.88. The number of anilines is 2. The number of nitrogens with one attached hydrogen (secondary N) is 1. The molecule has 0 aliphatic carbocycles. The summed E-state index contributed by atoms with van der Waals surface area (Å²) in [5, 5.41) is 12.9. The summed E-state index contributed by atoms with van der Waals surface area (Å²) in [6, 6.07) is 9.77. The van der Waals surface area contributed by atoms with E-state index in [1.54, 1.807) is 0 Å². The van der Waals surface area contributed by atoms with Gasteiger partial charge in [0, 0.05) is 35.8 Å². The lowest BCUT2D eigenvalue weighted by atomic mass is 9.71. The number of ether oxygens (including phenoxy) is 1. The van der Waals surface area contributed by atoms with Crippen molar-refractivity contribution in [1.29, 1.82) is 0 Å². The van der Waals surface area contributed by atoms with Crippen LogP contribution in [0.2, 0.25) is 5.02 Å². The molecular weight excluding hydrogens is 578 g/mol. The molecule has 1 aromatic heterocycles. The maximum atomic E-state index is 14.5. The van der Waals surface area contributed by atoms with Crippen LogP contribution in [0.1, 0.15) is 44.3 Å². The van der Waals surface area contributed by atoms with E-state index in [2.05, 4.69) is 15.3 Å². The molecule has 2 saturated heterocycles. The van der Waals surface area contributed by atoms with Crippen molar-refractivity contribution >= 4 is 29.3 Å². The van der Waals surface area contributed by atoms with Crippen molar-refractivity contribution < 1.29 is 32.2 Å². The van der Waals surface area contributed by atoms with Crippen LogP contribution in [0.5, 0.6) is 5.88 Å². The van der Waals surface area contributed by atoms with Gasteiger partial charge in [0.1, 0.15) is 17.7 Å². The summed E-state index contributed by atoms with van der Waals surface area (Å²) in [5.41, 5.74) is 5.70. The van der Waals surface area contributed by atoms with Gasteiger partial charge >= 0.3 is 12.1 Å². The van der Waals surface area contributed by atoms with Crippen LogP contribution in [0, 0.1) is 11.2 Å². The topological polar surface area (TPSA) is 114 Å². The lowest BCUT2D eigenvalue weighted by Gasteiger charge is -2.43. The Morgan fingerprint density at radius 2 is 1.95 bits per heavy atom. The number of piperidine rings is 1. The number of hydrogen-bond acceptors (Lipinski definition) is 7. The third-order valence-corrected chi connectivity index (χ3v) is 8.45. The van der Waals surface area contributed by atoms with Crippen molar-refractivity contribution in [2.24, 2.45) is 5.41 Å². The van der Waals surface area contributed by atoms with E-state index in [-0.39, 0.29) is 45.0 Å². The first kappa shape index (κ1) is 29.8. The van der Waals surface area contributed by atoms with Crippen molar-refractivity contribution in [3.05, 3.63) is 64.9 Å². The highest BCUT2D eigenvalue weighted by molar-refractivity contribution is 6.30. The zero-order chi connectivity index (χ0) is 30.2. The highest BCUT2D eigenvalue weighted by Crippen LogP contribution is 2.46. The Labute approximate surface area is 244 Å². The standard InChI is InChI=1S/C29H30ClF4N5O3/c1-2-22-28(15-21(36-22)26(40)41)8-10-39(11-9-28)23-14-24(38-27(35)37-23)42-25(29(32,33)34)19-7-6-17(30)13-20(19)16-4-3-5-18(31)12-16/h3-7,12-14,21-22,25,36H,2,8-11,15H2,1H3,(H,40,41)(H2,35,37,38)/t21?,22?,25-/m1/s1. The summed E-state index contributed by atoms with van der Waals surface area (Å²) in [7, 11) is 0. The molecule has 2 aromatic carbocycles. The van der Waals surface area contributed by atoms with Gasteiger partial charge in [0.2, 0.25) is 17.9 Å². The van der Waals surface area contributed by atoms with Gasteiger partial charge in [-0.2, -0.15) is 23.1 Å². The Hall–Kier alpha value is -3.64. The van der Waals surface area contributed by atoms with Crippen LogP contribution in [0.3, 0.4) is 0 Å². The van der Waals surface area contributed by atoms with Crippen LogP contribution in [-0.4, -0.2) is 52.4 Å². The van der Waals surface area contributed by atoms with Crippen molar-refractivity contribution in [2.45, 2.75) is 57.0 Å². The van der Waals surface area contributed by atoms with Crippen LogP contribution in [0.25, 0.3) is 11.1 Å². The number of nitrogens with zero attached hydrogens (tertiary/aromatic N) is 3. The average molecular weight is 608 g/mol. The van der Waals surface area contributed by atoms with Gasteiger partial charge in [-0.1, -0.05) is 36.7 Å². The first-order valence-electron chi connectivity index (χ1n) is 13.6. The van der Waals surface area contributed by atoms with Crippen molar-refractivity contribution in [3.8, 4) is 17.0 Å². The number of aromatic nitrogens is 2. The van der Waals surface area contributed by atoms with Gasteiger partial charge in [0.05, 0.1) is 0 Å². The molecule has 3 atom stereocenters.